The lowest BCUT2D eigenvalue weighted by Gasteiger charge is -2.11. The van der Waals surface area contributed by atoms with Gasteiger partial charge < -0.3 is 9.47 Å². The van der Waals surface area contributed by atoms with Crippen molar-refractivity contribution < 1.29 is 31.1 Å². The smallest absolute Gasteiger partial charge is 0.477 e. The summed E-state index contributed by atoms with van der Waals surface area (Å²) in [5.74, 6) is -0.145. The van der Waals surface area contributed by atoms with Gasteiger partial charge in [-0.25, -0.2) is 8.42 Å². The van der Waals surface area contributed by atoms with Crippen LogP contribution < -0.4 is 14.2 Å². The van der Waals surface area contributed by atoms with Crippen molar-refractivity contribution in [2.75, 3.05) is 11.3 Å². The van der Waals surface area contributed by atoms with Gasteiger partial charge in [-0.2, -0.15) is 0 Å². The number of halogens is 3. The van der Waals surface area contributed by atoms with Crippen LogP contribution in [0.3, 0.4) is 0 Å². The Morgan fingerprint density at radius 3 is 2.33 bits per heavy atom. The molecule has 0 saturated heterocycles. The number of nitrogens with one attached hydrogen (secondary N) is 1. The highest BCUT2D eigenvalue weighted by Crippen LogP contribution is 2.26. The molecule has 0 saturated carbocycles. The molecule has 2 aromatic carbocycles. The van der Waals surface area contributed by atoms with Crippen LogP contribution >= 0.6 is 0 Å². The van der Waals surface area contributed by atoms with Crippen LogP contribution in [0, 0.1) is 0 Å². The lowest BCUT2D eigenvalue weighted by molar-refractivity contribution is -0.274. The van der Waals surface area contributed by atoms with Gasteiger partial charge in [-0.15, -0.1) is 23.4 Å². The number of aromatic nitrogens is 2. The molecule has 3 rings (SSSR count). The molecule has 1 N–H and O–H groups in total. The maximum absolute atomic E-state index is 12.5. The Kier molecular flexibility index (Phi) is 6.11. The van der Waals surface area contributed by atoms with Gasteiger partial charge in [-0.05, 0) is 49.4 Å². The fourth-order valence-electron chi connectivity index (χ4n) is 2.48. The molecular formula is C19H16F3N3O4S. The van der Waals surface area contributed by atoms with E-state index in [9.17, 15) is 21.6 Å². The number of benzene rings is 2. The summed E-state index contributed by atoms with van der Waals surface area (Å²) in [6, 6.07) is 13.7. The fourth-order valence-corrected chi connectivity index (χ4v) is 3.52. The third-order valence-electron chi connectivity index (χ3n) is 3.71. The van der Waals surface area contributed by atoms with Gasteiger partial charge >= 0.3 is 6.36 Å². The largest absolute Gasteiger partial charge is 0.573 e. The third-order valence-corrected chi connectivity index (χ3v) is 5.11. The van der Waals surface area contributed by atoms with Gasteiger partial charge in [0.2, 0.25) is 5.88 Å². The highest BCUT2D eigenvalue weighted by Gasteiger charge is 2.31. The van der Waals surface area contributed by atoms with Gasteiger partial charge in [0.15, 0.2) is 0 Å². The Hall–Kier alpha value is -3.34. The zero-order chi connectivity index (χ0) is 21.8. The molecule has 7 nitrogen and oxygen atoms in total. The zero-order valence-electron chi connectivity index (χ0n) is 15.6. The summed E-state index contributed by atoms with van der Waals surface area (Å²) in [7, 11) is -4.03. The standard InChI is InChI=1S/C19H16F3N3O4S/c1-2-28-18-11-10-17(23-24-18)13-4-3-5-14(12-13)25-30(26,27)16-8-6-15(7-9-16)29-19(20,21)22/h3-12,25H,2H2,1H3. The van der Waals surface area contributed by atoms with Crippen LogP contribution in [-0.2, 0) is 10.0 Å². The normalized spacial score (nSPS) is 11.7. The van der Waals surface area contributed by atoms with Crippen molar-refractivity contribution in [3.05, 3.63) is 60.7 Å². The summed E-state index contributed by atoms with van der Waals surface area (Å²) in [5, 5.41) is 7.97. The molecule has 0 atom stereocenters. The molecule has 0 aliphatic carbocycles. The van der Waals surface area contributed by atoms with Crippen LogP contribution in [0.25, 0.3) is 11.3 Å². The third kappa shape index (κ3) is 5.60. The second kappa shape index (κ2) is 8.57. The summed E-state index contributed by atoms with van der Waals surface area (Å²) >= 11 is 0. The highest BCUT2D eigenvalue weighted by atomic mass is 32.2. The van der Waals surface area contributed by atoms with E-state index in [1.54, 1.807) is 30.3 Å². The summed E-state index contributed by atoms with van der Waals surface area (Å²) in [5.41, 5.74) is 1.37. The van der Waals surface area contributed by atoms with E-state index >= 15 is 0 Å². The van der Waals surface area contributed by atoms with Crippen LogP contribution in [0.1, 0.15) is 6.92 Å². The van der Waals surface area contributed by atoms with E-state index in [2.05, 4.69) is 19.7 Å². The minimum Gasteiger partial charge on any atom is -0.477 e. The van der Waals surface area contributed by atoms with E-state index in [4.69, 9.17) is 4.74 Å². The first-order valence-corrected chi connectivity index (χ1v) is 10.1. The van der Waals surface area contributed by atoms with Crippen LogP contribution in [-0.4, -0.2) is 31.6 Å². The Morgan fingerprint density at radius 2 is 1.73 bits per heavy atom. The van der Waals surface area contributed by atoms with E-state index in [-0.39, 0.29) is 10.6 Å². The van der Waals surface area contributed by atoms with Crippen molar-refractivity contribution in [1.29, 1.82) is 0 Å². The zero-order valence-corrected chi connectivity index (χ0v) is 16.4. The molecule has 0 radical (unpaired) electrons. The van der Waals surface area contributed by atoms with E-state index in [1.807, 2.05) is 6.92 Å². The molecule has 0 spiro atoms. The number of nitrogens with zero attached hydrogens (tertiary/aromatic N) is 2. The lowest BCUT2D eigenvalue weighted by Crippen LogP contribution is -2.17. The Labute approximate surface area is 170 Å². The molecule has 1 aromatic heterocycles. The molecule has 0 aliphatic heterocycles. The number of anilines is 1. The van der Waals surface area contributed by atoms with Crippen LogP contribution in [0.4, 0.5) is 18.9 Å². The van der Waals surface area contributed by atoms with Gasteiger partial charge in [0, 0.05) is 17.3 Å². The number of ether oxygens (including phenoxy) is 2. The lowest BCUT2D eigenvalue weighted by atomic mass is 10.1. The molecule has 0 fully saturated rings. The maximum atomic E-state index is 12.5. The Balaban J connectivity index is 1.77. The monoisotopic (exact) mass is 439 g/mol. The molecule has 3 aromatic rings. The van der Waals surface area contributed by atoms with Crippen LogP contribution in [0.5, 0.6) is 11.6 Å². The molecule has 0 unspecified atom stereocenters. The van der Waals surface area contributed by atoms with E-state index < -0.39 is 22.1 Å². The van der Waals surface area contributed by atoms with Crippen molar-refractivity contribution >= 4 is 15.7 Å². The summed E-state index contributed by atoms with van der Waals surface area (Å²) in [6.07, 6.45) is -4.86. The molecule has 1 heterocycles. The summed E-state index contributed by atoms with van der Waals surface area (Å²) < 4.78 is 73.1. The van der Waals surface area contributed by atoms with Crippen molar-refractivity contribution in [3.8, 4) is 22.9 Å². The second-order valence-corrected chi connectivity index (χ2v) is 7.58. The van der Waals surface area contributed by atoms with Gasteiger partial charge in [-0.3, -0.25) is 4.72 Å². The number of hydrogen-bond donors (Lipinski definition) is 1. The van der Waals surface area contributed by atoms with Gasteiger partial charge in [0.1, 0.15) is 5.75 Å². The number of sulfonamides is 1. The van der Waals surface area contributed by atoms with Crippen molar-refractivity contribution in [3.63, 3.8) is 0 Å². The Bertz CT molecular complexity index is 1100. The average Bonchev–Trinajstić information content (AvgIpc) is 2.68. The van der Waals surface area contributed by atoms with Crippen LogP contribution in [0.15, 0.2) is 65.6 Å². The fraction of sp³-hybridized carbons (Fsp3) is 0.158. The van der Waals surface area contributed by atoms with E-state index in [0.717, 1.165) is 24.3 Å². The SMILES string of the molecule is CCOc1ccc(-c2cccc(NS(=O)(=O)c3ccc(OC(F)(F)F)cc3)c2)nn1. The van der Waals surface area contributed by atoms with Gasteiger partial charge in [-0.1, -0.05) is 12.1 Å². The van der Waals surface area contributed by atoms with Gasteiger partial charge in [0.25, 0.3) is 10.0 Å². The van der Waals surface area contributed by atoms with Crippen molar-refractivity contribution in [2.45, 2.75) is 18.2 Å². The predicted molar refractivity (Wildman–Crippen MR) is 103 cm³/mol. The average molecular weight is 439 g/mol. The van der Waals surface area contributed by atoms with Crippen molar-refractivity contribution in [1.82, 2.24) is 10.2 Å². The van der Waals surface area contributed by atoms with Gasteiger partial charge in [0.05, 0.1) is 17.2 Å². The van der Waals surface area contributed by atoms with Crippen LogP contribution in [0.2, 0.25) is 0 Å². The maximum Gasteiger partial charge on any atom is 0.573 e. The second-order valence-electron chi connectivity index (χ2n) is 5.90. The summed E-state index contributed by atoms with van der Waals surface area (Å²) in [4.78, 5) is -0.219. The predicted octanol–water partition coefficient (Wildman–Crippen LogP) is 4.24. The first-order chi connectivity index (χ1) is 14.2. The van der Waals surface area contributed by atoms with E-state index in [0.29, 0.717) is 23.7 Å². The minimum absolute atomic E-state index is 0.219. The molecule has 0 amide bonds. The molecular weight excluding hydrogens is 423 g/mol. The number of rotatable bonds is 7. The highest BCUT2D eigenvalue weighted by molar-refractivity contribution is 7.92. The van der Waals surface area contributed by atoms with E-state index in [1.165, 1.54) is 6.07 Å². The molecule has 30 heavy (non-hydrogen) atoms. The Morgan fingerprint density at radius 1 is 1.00 bits per heavy atom. The summed E-state index contributed by atoms with van der Waals surface area (Å²) in [6.45, 7) is 2.27. The number of hydrogen-bond acceptors (Lipinski definition) is 6. The topological polar surface area (TPSA) is 90.4 Å². The first-order valence-electron chi connectivity index (χ1n) is 8.62. The molecule has 0 aliphatic rings. The first kappa shape index (κ1) is 21.4. The number of alkyl halides is 3. The molecule has 0 bridgehead atoms. The molecule has 11 heteroatoms. The van der Waals surface area contributed by atoms with Crippen molar-refractivity contribution in [2.24, 2.45) is 0 Å². The molecule has 158 valence electrons. The quantitative estimate of drug-likeness (QED) is 0.592. The minimum atomic E-state index is -4.86.